The van der Waals surface area contributed by atoms with Gasteiger partial charge >= 0.3 is 0 Å². The highest BCUT2D eigenvalue weighted by molar-refractivity contribution is 6.31. The van der Waals surface area contributed by atoms with Gasteiger partial charge in [0.25, 0.3) is 0 Å². The summed E-state index contributed by atoms with van der Waals surface area (Å²) in [7, 11) is 1.88. The van der Waals surface area contributed by atoms with Crippen molar-refractivity contribution >= 4 is 11.6 Å². The zero-order valence-corrected chi connectivity index (χ0v) is 11.0. The number of aromatic nitrogens is 1. The van der Waals surface area contributed by atoms with E-state index in [0.717, 1.165) is 11.5 Å². The number of nitrogens with zero attached hydrogens (tertiary/aromatic N) is 2. The summed E-state index contributed by atoms with van der Waals surface area (Å²) in [5.41, 5.74) is 1.33. The highest BCUT2D eigenvalue weighted by atomic mass is 35.5. The first-order valence-corrected chi connectivity index (χ1v) is 5.97. The molecule has 0 N–H and O–H groups in total. The van der Waals surface area contributed by atoms with Crippen molar-refractivity contribution in [2.24, 2.45) is 0 Å². The smallest absolute Gasteiger partial charge is 0.150 e. The summed E-state index contributed by atoms with van der Waals surface area (Å²) in [5, 5.41) is 4.25. The Bertz CT molecular complexity index is 521. The van der Waals surface area contributed by atoms with Gasteiger partial charge < -0.3 is 4.52 Å². The predicted molar refractivity (Wildman–Crippen MR) is 67.8 cm³/mol. The third-order valence-electron chi connectivity index (χ3n) is 2.59. The molecule has 0 amide bonds. The second-order valence-electron chi connectivity index (χ2n) is 4.31. The van der Waals surface area contributed by atoms with Gasteiger partial charge in [-0.1, -0.05) is 22.8 Å². The Kier molecular flexibility index (Phi) is 3.99. The van der Waals surface area contributed by atoms with Crippen molar-refractivity contribution in [3.63, 3.8) is 0 Å². The molecule has 0 aliphatic carbocycles. The van der Waals surface area contributed by atoms with Crippen LogP contribution in [0.5, 0.6) is 0 Å². The summed E-state index contributed by atoms with van der Waals surface area (Å²) in [4.78, 5) is 1.92. The Labute approximate surface area is 110 Å². The molecule has 1 aromatic heterocycles. The van der Waals surface area contributed by atoms with Gasteiger partial charge in [-0.05, 0) is 26.1 Å². The summed E-state index contributed by atoms with van der Waals surface area (Å²) in [5.74, 6) is 0.463. The lowest BCUT2D eigenvalue weighted by molar-refractivity contribution is 0.263. The Balaban J connectivity index is 2.05. The normalized spacial score (nSPS) is 11.2. The van der Waals surface area contributed by atoms with Crippen LogP contribution in [0, 0.1) is 12.7 Å². The standard InChI is InChI=1S/C13H14ClFN2O/c1-9-6-10(18-16-9)7-17(2)8-11-12(14)4-3-5-13(11)15/h3-6H,7-8H2,1-2H3. The zero-order chi connectivity index (χ0) is 13.1. The predicted octanol–water partition coefficient (Wildman–Crippen LogP) is 3.41. The molecule has 0 aliphatic rings. The number of rotatable bonds is 4. The van der Waals surface area contributed by atoms with Crippen molar-refractivity contribution in [2.45, 2.75) is 20.0 Å². The van der Waals surface area contributed by atoms with Crippen LogP contribution in [0.4, 0.5) is 4.39 Å². The molecular formula is C13H14ClFN2O. The maximum Gasteiger partial charge on any atom is 0.150 e. The lowest BCUT2D eigenvalue weighted by Crippen LogP contribution is -2.18. The number of hydrogen-bond donors (Lipinski definition) is 0. The maximum atomic E-state index is 13.6. The van der Waals surface area contributed by atoms with E-state index in [0.29, 0.717) is 23.7 Å². The van der Waals surface area contributed by atoms with E-state index < -0.39 is 0 Å². The molecule has 0 atom stereocenters. The number of aryl methyl sites for hydroxylation is 1. The Morgan fingerprint density at radius 1 is 1.39 bits per heavy atom. The van der Waals surface area contributed by atoms with Crippen LogP contribution in [0.3, 0.4) is 0 Å². The molecule has 2 aromatic rings. The first-order chi connectivity index (χ1) is 8.56. The van der Waals surface area contributed by atoms with E-state index in [4.69, 9.17) is 16.1 Å². The van der Waals surface area contributed by atoms with E-state index in [-0.39, 0.29) is 5.82 Å². The van der Waals surface area contributed by atoms with Crippen LogP contribution in [0.15, 0.2) is 28.8 Å². The van der Waals surface area contributed by atoms with Crippen LogP contribution in [0.25, 0.3) is 0 Å². The Morgan fingerprint density at radius 2 is 2.17 bits per heavy atom. The molecule has 1 heterocycles. The molecule has 0 saturated carbocycles. The van der Waals surface area contributed by atoms with E-state index in [1.54, 1.807) is 12.1 Å². The second kappa shape index (κ2) is 5.50. The van der Waals surface area contributed by atoms with Gasteiger partial charge in [0.05, 0.1) is 12.2 Å². The highest BCUT2D eigenvalue weighted by Gasteiger charge is 2.11. The lowest BCUT2D eigenvalue weighted by atomic mass is 10.2. The molecule has 2 rings (SSSR count). The number of hydrogen-bond acceptors (Lipinski definition) is 3. The fraction of sp³-hybridized carbons (Fsp3) is 0.308. The van der Waals surface area contributed by atoms with Crippen molar-refractivity contribution in [3.05, 3.63) is 52.1 Å². The van der Waals surface area contributed by atoms with E-state index in [2.05, 4.69) is 5.16 Å². The van der Waals surface area contributed by atoms with Gasteiger partial charge in [0.15, 0.2) is 5.76 Å². The van der Waals surface area contributed by atoms with Gasteiger partial charge in [-0.25, -0.2) is 4.39 Å². The second-order valence-corrected chi connectivity index (χ2v) is 4.71. The SMILES string of the molecule is Cc1cc(CN(C)Cc2c(F)cccc2Cl)on1. The van der Waals surface area contributed by atoms with Crippen molar-refractivity contribution < 1.29 is 8.91 Å². The zero-order valence-electron chi connectivity index (χ0n) is 10.3. The molecular weight excluding hydrogens is 255 g/mol. The fourth-order valence-electron chi connectivity index (χ4n) is 1.77. The molecule has 0 radical (unpaired) electrons. The Hall–Kier alpha value is -1.39. The summed E-state index contributed by atoms with van der Waals surface area (Å²) in [6.07, 6.45) is 0. The summed E-state index contributed by atoms with van der Waals surface area (Å²) in [6.45, 7) is 2.84. The molecule has 0 unspecified atom stereocenters. The van der Waals surface area contributed by atoms with E-state index in [1.165, 1.54) is 6.07 Å². The summed E-state index contributed by atoms with van der Waals surface area (Å²) in [6, 6.07) is 6.56. The molecule has 0 bridgehead atoms. The molecule has 96 valence electrons. The van der Waals surface area contributed by atoms with Gasteiger partial charge in [0.1, 0.15) is 5.82 Å². The van der Waals surface area contributed by atoms with Crippen LogP contribution >= 0.6 is 11.6 Å². The summed E-state index contributed by atoms with van der Waals surface area (Å²) >= 11 is 5.98. The molecule has 18 heavy (non-hydrogen) atoms. The molecule has 1 aromatic carbocycles. The van der Waals surface area contributed by atoms with Crippen LogP contribution in [-0.4, -0.2) is 17.1 Å². The highest BCUT2D eigenvalue weighted by Crippen LogP contribution is 2.21. The van der Waals surface area contributed by atoms with Gasteiger partial charge in [-0.3, -0.25) is 4.90 Å². The van der Waals surface area contributed by atoms with Crippen molar-refractivity contribution in [1.82, 2.24) is 10.1 Å². The fourth-order valence-corrected chi connectivity index (χ4v) is 1.99. The van der Waals surface area contributed by atoms with Gasteiger partial charge in [-0.15, -0.1) is 0 Å². The summed E-state index contributed by atoms with van der Waals surface area (Å²) < 4.78 is 18.7. The number of benzene rings is 1. The van der Waals surface area contributed by atoms with Crippen molar-refractivity contribution in [2.75, 3.05) is 7.05 Å². The third-order valence-corrected chi connectivity index (χ3v) is 2.95. The van der Waals surface area contributed by atoms with E-state index >= 15 is 0 Å². The molecule has 5 heteroatoms. The minimum atomic E-state index is -0.289. The Morgan fingerprint density at radius 3 is 2.78 bits per heavy atom. The third kappa shape index (κ3) is 3.09. The maximum absolute atomic E-state index is 13.6. The molecule has 0 aliphatic heterocycles. The van der Waals surface area contributed by atoms with Gasteiger partial charge in [0, 0.05) is 23.2 Å². The van der Waals surface area contributed by atoms with Crippen molar-refractivity contribution in [1.29, 1.82) is 0 Å². The molecule has 3 nitrogen and oxygen atoms in total. The van der Waals surface area contributed by atoms with E-state index in [1.807, 2.05) is 24.9 Å². The average molecular weight is 269 g/mol. The quantitative estimate of drug-likeness (QED) is 0.851. The first-order valence-electron chi connectivity index (χ1n) is 5.60. The van der Waals surface area contributed by atoms with Crippen LogP contribution in [0.1, 0.15) is 17.0 Å². The molecule has 0 fully saturated rings. The first kappa shape index (κ1) is 13.1. The lowest BCUT2D eigenvalue weighted by Gasteiger charge is -2.16. The van der Waals surface area contributed by atoms with Gasteiger partial charge in [-0.2, -0.15) is 0 Å². The number of halogens is 2. The monoisotopic (exact) mass is 268 g/mol. The van der Waals surface area contributed by atoms with Crippen LogP contribution in [0.2, 0.25) is 5.02 Å². The van der Waals surface area contributed by atoms with E-state index in [9.17, 15) is 4.39 Å². The van der Waals surface area contributed by atoms with Crippen LogP contribution < -0.4 is 0 Å². The van der Waals surface area contributed by atoms with Crippen molar-refractivity contribution in [3.8, 4) is 0 Å². The molecule has 0 spiro atoms. The largest absolute Gasteiger partial charge is 0.360 e. The topological polar surface area (TPSA) is 29.3 Å². The average Bonchev–Trinajstić information content (AvgIpc) is 2.69. The molecule has 0 saturated heterocycles. The minimum absolute atomic E-state index is 0.289. The van der Waals surface area contributed by atoms with Gasteiger partial charge in [0.2, 0.25) is 0 Å². The minimum Gasteiger partial charge on any atom is -0.360 e. The van der Waals surface area contributed by atoms with Crippen LogP contribution in [-0.2, 0) is 13.1 Å².